The molecule has 1 aliphatic carbocycles. The van der Waals surface area contributed by atoms with Crippen molar-refractivity contribution in [2.24, 2.45) is 17.6 Å². The first kappa shape index (κ1) is 9.47. The Bertz CT molecular complexity index is 165. The predicted octanol–water partition coefficient (Wildman–Crippen LogP) is 1.93. The van der Waals surface area contributed by atoms with Crippen molar-refractivity contribution in [3.63, 3.8) is 0 Å². The Labute approximate surface area is 80.8 Å². The highest BCUT2D eigenvalue weighted by Gasteiger charge is 2.35. The summed E-state index contributed by atoms with van der Waals surface area (Å²) < 4.78 is 5.71. The Morgan fingerprint density at radius 2 is 1.92 bits per heavy atom. The van der Waals surface area contributed by atoms with Crippen LogP contribution in [0.25, 0.3) is 0 Å². The number of ether oxygens (including phenoxy) is 1. The standard InChI is InChI=1S/C11H21NO/c1-8-6-7-13-11(8)10(12)9-4-2-3-5-9/h8-11H,2-7,12H2,1H3. The van der Waals surface area contributed by atoms with Gasteiger partial charge in [-0.3, -0.25) is 0 Å². The van der Waals surface area contributed by atoms with E-state index in [2.05, 4.69) is 6.92 Å². The van der Waals surface area contributed by atoms with Crippen molar-refractivity contribution < 1.29 is 4.74 Å². The molecule has 2 nitrogen and oxygen atoms in total. The van der Waals surface area contributed by atoms with Gasteiger partial charge in [0.1, 0.15) is 0 Å². The Hall–Kier alpha value is -0.0800. The molecule has 2 rings (SSSR count). The van der Waals surface area contributed by atoms with Crippen molar-refractivity contribution in [3.05, 3.63) is 0 Å². The summed E-state index contributed by atoms with van der Waals surface area (Å²) in [7, 11) is 0. The molecule has 1 heterocycles. The van der Waals surface area contributed by atoms with Crippen LogP contribution in [0.2, 0.25) is 0 Å². The predicted molar refractivity (Wildman–Crippen MR) is 53.5 cm³/mol. The second-order valence-corrected chi connectivity index (χ2v) is 4.72. The van der Waals surface area contributed by atoms with Crippen LogP contribution < -0.4 is 5.73 Å². The zero-order chi connectivity index (χ0) is 9.26. The fourth-order valence-electron chi connectivity index (χ4n) is 2.82. The van der Waals surface area contributed by atoms with Crippen LogP contribution in [-0.2, 0) is 4.74 Å². The van der Waals surface area contributed by atoms with E-state index in [9.17, 15) is 0 Å². The molecule has 2 N–H and O–H groups in total. The zero-order valence-electron chi connectivity index (χ0n) is 8.54. The van der Waals surface area contributed by atoms with Gasteiger partial charge in [0.05, 0.1) is 6.10 Å². The van der Waals surface area contributed by atoms with Gasteiger partial charge in [-0.05, 0) is 31.1 Å². The summed E-state index contributed by atoms with van der Waals surface area (Å²) in [5, 5.41) is 0. The monoisotopic (exact) mass is 183 g/mol. The summed E-state index contributed by atoms with van der Waals surface area (Å²) in [5.74, 6) is 1.42. The fourth-order valence-corrected chi connectivity index (χ4v) is 2.82. The van der Waals surface area contributed by atoms with Gasteiger partial charge in [0.2, 0.25) is 0 Å². The molecule has 0 aromatic heterocycles. The number of hydrogen-bond donors (Lipinski definition) is 1. The van der Waals surface area contributed by atoms with Crippen LogP contribution in [0, 0.1) is 11.8 Å². The molecular weight excluding hydrogens is 162 g/mol. The van der Waals surface area contributed by atoms with Gasteiger partial charge in [-0.25, -0.2) is 0 Å². The normalized spacial score (nSPS) is 38.3. The minimum atomic E-state index is 0.306. The highest BCUT2D eigenvalue weighted by Crippen LogP contribution is 2.33. The Kier molecular flexibility index (Phi) is 2.89. The third-order valence-electron chi connectivity index (χ3n) is 3.77. The van der Waals surface area contributed by atoms with E-state index in [-0.39, 0.29) is 0 Å². The Morgan fingerprint density at radius 3 is 2.46 bits per heavy atom. The molecule has 0 aromatic rings. The van der Waals surface area contributed by atoms with E-state index in [1.54, 1.807) is 0 Å². The maximum Gasteiger partial charge on any atom is 0.0754 e. The highest BCUT2D eigenvalue weighted by molar-refractivity contribution is 4.89. The van der Waals surface area contributed by atoms with Crippen LogP contribution in [0.3, 0.4) is 0 Å². The van der Waals surface area contributed by atoms with Crippen molar-refractivity contribution in [3.8, 4) is 0 Å². The molecule has 0 spiro atoms. The van der Waals surface area contributed by atoms with Gasteiger partial charge < -0.3 is 10.5 Å². The largest absolute Gasteiger partial charge is 0.376 e. The third kappa shape index (κ3) is 1.89. The van der Waals surface area contributed by atoms with E-state index in [0.29, 0.717) is 18.1 Å². The fraction of sp³-hybridized carbons (Fsp3) is 1.00. The van der Waals surface area contributed by atoms with E-state index in [0.717, 1.165) is 12.5 Å². The topological polar surface area (TPSA) is 35.2 Å². The summed E-state index contributed by atoms with van der Waals surface area (Å²) in [5.41, 5.74) is 6.25. The van der Waals surface area contributed by atoms with Crippen LogP contribution in [0.5, 0.6) is 0 Å². The lowest BCUT2D eigenvalue weighted by atomic mass is 9.88. The van der Waals surface area contributed by atoms with Crippen LogP contribution in [0.4, 0.5) is 0 Å². The Morgan fingerprint density at radius 1 is 1.23 bits per heavy atom. The lowest BCUT2D eigenvalue weighted by Crippen LogP contribution is -2.42. The number of rotatable bonds is 2. The maximum absolute atomic E-state index is 6.25. The average molecular weight is 183 g/mol. The van der Waals surface area contributed by atoms with Crippen molar-refractivity contribution >= 4 is 0 Å². The molecule has 0 aromatic carbocycles. The van der Waals surface area contributed by atoms with E-state index in [1.807, 2.05) is 0 Å². The molecule has 3 atom stereocenters. The summed E-state index contributed by atoms with van der Waals surface area (Å²) in [4.78, 5) is 0. The molecule has 2 heteroatoms. The Balaban J connectivity index is 1.91. The summed E-state index contributed by atoms with van der Waals surface area (Å²) in [6.07, 6.45) is 6.95. The first-order valence-corrected chi connectivity index (χ1v) is 5.66. The molecule has 1 saturated heterocycles. The maximum atomic E-state index is 6.25. The van der Waals surface area contributed by atoms with Crippen LogP contribution in [-0.4, -0.2) is 18.8 Å². The highest BCUT2D eigenvalue weighted by atomic mass is 16.5. The van der Waals surface area contributed by atoms with E-state index in [1.165, 1.54) is 32.1 Å². The molecule has 2 aliphatic rings. The van der Waals surface area contributed by atoms with E-state index in [4.69, 9.17) is 10.5 Å². The minimum absolute atomic E-state index is 0.306. The van der Waals surface area contributed by atoms with Gasteiger partial charge >= 0.3 is 0 Å². The number of nitrogens with two attached hydrogens (primary N) is 1. The average Bonchev–Trinajstić information content (AvgIpc) is 2.72. The van der Waals surface area contributed by atoms with Gasteiger partial charge in [0.15, 0.2) is 0 Å². The van der Waals surface area contributed by atoms with Crippen molar-refractivity contribution in [1.29, 1.82) is 0 Å². The summed E-state index contributed by atoms with van der Waals surface area (Å²) >= 11 is 0. The molecule has 0 bridgehead atoms. The summed E-state index contributed by atoms with van der Waals surface area (Å²) in [6, 6.07) is 0.306. The van der Waals surface area contributed by atoms with Crippen molar-refractivity contribution in [1.82, 2.24) is 0 Å². The molecule has 1 aliphatic heterocycles. The molecule has 13 heavy (non-hydrogen) atoms. The molecule has 76 valence electrons. The van der Waals surface area contributed by atoms with Gasteiger partial charge in [-0.1, -0.05) is 19.8 Å². The van der Waals surface area contributed by atoms with E-state index >= 15 is 0 Å². The second-order valence-electron chi connectivity index (χ2n) is 4.72. The molecule has 1 saturated carbocycles. The number of hydrogen-bond acceptors (Lipinski definition) is 2. The molecule has 3 unspecified atom stereocenters. The first-order valence-electron chi connectivity index (χ1n) is 5.66. The molecule has 2 fully saturated rings. The molecule has 0 amide bonds. The third-order valence-corrected chi connectivity index (χ3v) is 3.77. The van der Waals surface area contributed by atoms with Crippen LogP contribution in [0.1, 0.15) is 39.0 Å². The van der Waals surface area contributed by atoms with Crippen LogP contribution in [0.15, 0.2) is 0 Å². The van der Waals surface area contributed by atoms with Gasteiger partial charge in [0.25, 0.3) is 0 Å². The van der Waals surface area contributed by atoms with Crippen molar-refractivity contribution in [2.45, 2.75) is 51.2 Å². The zero-order valence-corrected chi connectivity index (χ0v) is 8.54. The van der Waals surface area contributed by atoms with Gasteiger partial charge in [-0.15, -0.1) is 0 Å². The molecular formula is C11H21NO. The van der Waals surface area contributed by atoms with Crippen LogP contribution >= 0.6 is 0 Å². The van der Waals surface area contributed by atoms with E-state index < -0.39 is 0 Å². The first-order chi connectivity index (χ1) is 6.29. The summed E-state index contributed by atoms with van der Waals surface area (Å²) in [6.45, 7) is 3.19. The second kappa shape index (κ2) is 3.97. The van der Waals surface area contributed by atoms with Gasteiger partial charge in [-0.2, -0.15) is 0 Å². The SMILES string of the molecule is CC1CCOC1C(N)C1CCCC1. The smallest absolute Gasteiger partial charge is 0.0754 e. The minimum Gasteiger partial charge on any atom is -0.376 e. The van der Waals surface area contributed by atoms with Gasteiger partial charge in [0, 0.05) is 12.6 Å². The van der Waals surface area contributed by atoms with Crippen molar-refractivity contribution in [2.75, 3.05) is 6.61 Å². The lowest BCUT2D eigenvalue weighted by molar-refractivity contribution is 0.0553. The molecule has 0 radical (unpaired) electrons. The lowest BCUT2D eigenvalue weighted by Gasteiger charge is -2.27. The quantitative estimate of drug-likeness (QED) is 0.710.